The molecule has 0 atom stereocenters. The molecular weight excluding hydrogens is 235 g/mol. The van der Waals surface area contributed by atoms with Gasteiger partial charge in [-0.1, -0.05) is 49.4 Å². The maximum absolute atomic E-state index is 13.4. The monoisotopic (exact) mass is 250 g/mol. The third-order valence-electron chi connectivity index (χ3n) is 2.28. The Balaban J connectivity index is 2.51. The lowest BCUT2D eigenvalue weighted by atomic mass is 10.2. The van der Waals surface area contributed by atoms with E-state index in [9.17, 15) is 4.39 Å². The highest BCUT2D eigenvalue weighted by Crippen LogP contribution is 2.12. The minimum Gasteiger partial charge on any atom is -0.197 e. The number of halogens is 2. The van der Waals surface area contributed by atoms with Crippen molar-refractivity contribution in [1.29, 1.82) is 0 Å². The van der Waals surface area contributed by atoms with Crippen LogP contribution < -0.4 is 0 Å². The van der Waals surface area contributed by atoms with Gasteiger partial charge in [0.25, 0.3) is 0 Å². The molecule has 0 fully saturated rings. The van der Waals surface area contributed by atoms with E-state index in [0.29, 0.717) is 5.02 Å². The van der Waals surface area contributed by atoms with Gasteiger partial charge in [0.2, 0.25) is 0 Å². The lowest BCUT2D eigenvalue weighted by Crippen LogP contribution is -1.74. The fourth-order valence-electron chi connectivity index (χ4n) is 1.35. The van der Waals surface area contributed by atoms with Gasteiger partial charge in [0.1, 0.15) is 0 Å². The molecule has 17 heavy (non-hydrogen) atoms. The van der Waals surface area contributed by atoms with Crippen LogP contribution in [-0.4, -0.2) is 0 Å². The normalized spacial score (nSPS) is 10.9. The molecule has 0 amide bonds. The van der Waals surface area contributed by atoms with E-state index in [2.05, 4.69) is 18.8 Å². The van der Waals surface area contributed by atoms with Gasteiger partial charge >= 0.3 is 0 Å². The summed E-state index contributed by atoms with van der Waals surface area (Å²) in [5.74, 6) is 4.95. The van der Waals surface area contributed by atoms with Gasteiger partial charge in [-0.2, -0.15) is 4.39 Å². The van der Waals surface area contributed by atoms with Gasteiger partial charge in [-0.3, -0.25) is 0 Å². The van der Waals surface area contributed by atoms with Gasteiger partial charge in [-0.25, -0.2) is 0 Å². The predicted molar refractivity (Wildman–Crippen MR) is 72.5 cm³/mol. The first-order valence-electron chi connectivity index (χ1n) is 5.84. The molecule has 90 valence electrons. The van der Waals surface area contributed by atoms with Crippen LogP contribution in [0.25, 0.3) is 6.08 Å². The maximum Gasteiger partial charge on any atom is 0.173 e. The highest BCUT2D eigenvalue weighted by atomic mass is 35.5. The molecule has 0 aromatic heterocycles. The molecule has 0 heterocycles. The Bertz CT molecular complexity index is 420. The van der Waals surface area contributed by atoms with E-state index in [1.54, 1.807) is 24.3 Å². The largest absolute Gasteiger partial charge is 0.197 e. The Morgan fingerprint density at radius 2 is 2.00 bits per heavy atom. The molecule has 1 rings (SSSR count). The van der Waals surface area contributed by atoms with E-state index in [4.69, 9.17) is 11.6 Å². The molecule has 0 aliphatic rings. The van der Waals surface area contributed by atoms with Crippen molar-refractivity contribution >= 4 is 17.7 Å². The minimum atomic E-state index is -0.399. The molecule has 0 saturated carbocycles. The van der Waals surface area contributed by atoms with Crippen molar-refractivity contribution in [2.24, 2.45) is 0 Å². The predicted octanol–water partition coefficient (Wildman–Crippen LogP) is 5.23. The van der Waals surface area contributed by atoms with Crippen molar-refractivity contribution in [3.63, 3.8) is 0 Å². The Kier molecular flexibility index (Phi) is 6.43. The van der Waals surface area contributed by atoms with Crippen LogP contribution in [0.15, 0.2) is 30.1 Å². The first kappa shape index (κ1) is 13.8. The Hall–Kier alpha value is -1.26. The first-order chi connectivity index (χ1) is 8.22. The number of benzene rings is 1. The second-order valence-electron chi connectivity index (χ2n) is 3.80. The second kappa shape index (κ2) is 7.92. The smallest absolute Gasteiger partial charge is 0.173 e. The van der Waals surface area contributed by atoms with Gasteiger partial charge in [0.15, 0.2) is 5.83 Å². The molecule has 0 aliphatic heterocycles. The number of hydrogen-bond donors (Lipinski definition) is 0. The van der Waals surface area contributed by atoms with Crippen LogP contribution in [0.4, 0.5) is 4.39 Å². The highest BCUT2D eigenvalue weighted by molar-refractivity contribution is 6.30. The maximum atomic E-state index is 13.4. The van der Waals surface area contributed by atoms with Crippen LogP contribution in [0.3, 0.4) is 0 Å². The van der Waals surface area contributed by atoms with Crippen molar-refractivity contribution in [3.8, 4) is 11.8 Å². The average molecular weight is 251 g/mol. The van der Waals surface area contributed by atoms with Crippen molar-refractivity contribution in [3.05, 3.63) is 40.7 Å². The standard InChI is InChI=1S/C15H16ClF/c1-2-3-4-5-6-7-15(17)12-13-8-10-14(16)11-9-13/h8-12H,2-5H2,1H3/b15-12+. The van der Waals surface area contributed by atoms with E-state index in [1.807, 2.05) is 0 Å². The fourth-order valence-corrected chi connectivity index (χ4v) is 1.48. The quantitative estimate of drug-likeness (QED) is 0.507. The van der Waals surface area contributed by atoms with Crippen LogP contribution in [0.2, 0.25) is 5.02 Å². The summed E-state index contributed by atoms with van der Waals surface area (Å²) in [6, 6.07) is 6.99. The third-order valence-corrected chi connectivity index (χ3v) is 2.53. The summed E-state index contributed by atoms with van der Waals surface area (Å²) in [7, 11) is 0. The molecule has 1 aromatic carbocycles. The number of allylic oxidation sites excluding steroid dienone is 1. The van der Waals surface area contributed by atoms with Gasteiger partial charge in [0.05, 0.1) is 0 Å². The summed E-state index contributed by atoms with van der Waals surface area (Å²) in [6.07, 6.45) is 5.53. The third kappa shape index (κ3) is 6.14. The summed E-state index contributed by atoms with van der Waals surface area (Å²) in [4.78, 5) is 0. The van der Waals surface area contributed by atoms with Crippen molar-refractivity contribution in [2.75, 3.05) is 0 Å². The van der Waals surface area contributed by atoms with Crippen molar-refractivity contribution < 1.29 is 4.39 Å². The van der Waals surface area contributed by atoms with Gasteiger partial charge in [-0.05, 0) is 36.1 Å². The molecule has 0 radical (unpaired) electrons. The van der Waals surface area contributed by atoms with E-state index in [-0.39, 0.29) is 0 Å². The molecule has 2 heteroatoms. The average Bonchev–Trinajstić information content (AvgIpc) is 2.32. The van der Waals surface area contributed by atoms with E-state index < -0.39 is 5.83 Å². The van der Waals surface area contributed by atoms with E-state index in [1.165, 1.54) is 6.08 Å². The Morgan fingerprint density at radius 3 is 2.65 bits per heavy atom. The molecule has 0 saturated heterocycles. The Labute approximate surface area is 107 Å². The molecule has 0 bridgehead atoms. The SMILES string of the molecule is CCCCCC#C/C(F)=C\c1ccc(Cl)cc1. The second-order valence-corrected chi connectivity index (χ2v) is 4.24. The molecule has 0 nitrogen and oxygen atoms in total. The number of hydrogen-bond acceptors (Lipinski definition) is 0. The summed E-state index contributed by atoms with van der Waals surface area (Å²) < 4.78 is 13.4. The van der Waals surface area contributed by atoms with Gasteiger partial charge < -0.3 is 0 Å². The van der Waals surface area contributed by atoms with Crippen molar-refractivity contribution in [2.45, 2.75) is 32.6 Å². The minimum absolute atomic E-state index is 0.399. The lowest BCUT2D eigenvalue weighted by molar-refractivity contribution is 0.681. The van der Waals surface area contributed by atoms with E-state index in [0.717, 1.165) is 31.2 Å². The van der Waals surface area contributed by atoms with Crippen LogP contribution in [0.5, 0.6) is 0 Å². The zero-order chi connectivity index (χ0) is 12.5. The summed E-state index contributed by atoms with van der Waals surface area (Å²) in [5.41, 5.74) is 0.773. The molecule has 1 aromatic rings. The van der Waals surface area contributed by atoms with Gasteiger partial charge in [-0.15, -0.1) is 0 Å². The van der Waals surface area contributed by atoms with Crippen LogP contribution in [0.1, 0.15) is 38.2 Å². The highest BCUT2D eigenvalue weighted by Gasteiger charge is 1.92. The summed E-state index contributed by atoms with van der Waals surface area (Å²) in [5, 5.41) is 0.646. The Morgan fingerprint density at radius 1 is 1.29 bits per heavy atom. The van der Waals surface area contributed by atoms with E-state index >= 15 is 0 Å². The fraction of sp³-hybridized carbons (Fsp3) is 0.333. The zero-order valence-electron chi connectivity index (χ0n) is 9.97. The first-order valence-corrected chi connectivity index (χ1v) is 6.22. The number of unbranched alkanes of at least 4 members (excludes halogenated alkanes) is 3. The number of rotatable bonds is 4. The topological polar surface area (TPSA) is 0 Å². The lowest BCUT2D eigenvalue weighted by Gasteiger charge is -1.92. The zero-order valence-corrected chi connectivity index (χ0v) is 10.7. The molecule has 0 N–H and O–H groups in total. The van der Waals surface area contributed by atoms with Crippen molar-refractivity contribution in [1.82, 2.24) is 0 Å². The van der Waals surface area contributed by atoms with Gasteiger partial charge in [0, 0.05) is 11.4 Å². The molecule has 0 aliphatic carbocycles. The van der Waals surface area contributed by atoms with Crippen LogP contribution in [0, 0.1) is 11.8 Å². The summed E-state index contributed by atoms with van der Waals surface area (Å²) in [6.45, 7) is 2.13. The molecular formula is C15H16ClF. The van der Waals surface area contributed by atoms with Crippen LogP contribution >= 0.6 is 11.6 Å². The molecule has 0 spiro atoms. The summed E-state index contributed by atoms with van der Waals surface area (Å²) >= 11 is 5.74. The van der Waals surface area contributed by atoms with Crippen LogP contribution in [-0.2, 0) is 0 Å². The molecule has 0 unspecified atom stereocenters.